The van der Waals surface area contributed by atoms with Crippen LogP contribution in [0.25, 0.3) is 0 Å². The fourth-order valence-corrected chi connectivity index (χ4v) is 3.00. The molecule has 0 unspecified atom stereocenters. The van der Waals surface area contributed by atoms with Crippen molar-refractivity contribution in [3.8, 4) is 0 Å². The molecule has 0 aromatic carbocycles. The third kappa shape index (κ3) is 16.2. The molecule has 0 saturated heterocycles. The lowest BCUT2D eigenvalue weighted by atomic mass is 10.0. The second kappa shape index (κ2) is 18.6. The van der Waals surface area contributed by atoms with Crippen LogP contribution >= 0.6 is 0 Å². The van der Waals surface area contributed by atoms with Gasteiger partial charge in [-0.2, -0.15) is 0 Å². The first-order valence-electron chi connectivity index (χ1n) is 10.8. The monoisotopic (exact) mass is 368 g/mol. The Morgan fingerprint density at radius 2 is 1.58 bits per heavy atom. The van der Waals surface area contributed by atoms with Crippen molar-refractivity contribution < 1.29 is 4.79 Å². The molecule has 0 rings (SSSR count). The summed E-state index contributed by atoms with van der Waals surface area (Å²) >= 11 is 0. The molecule has 154 valence electrons. The third-order valence-electron chi connectivity index (χ3n) is 4.62. The van der Waals surface area contributed by atoms with Gasteiger partial charge in [0.15, 0.2) is 0 Å². The molecule has 0 bridgehead atoms. The molecule has 1 amide bonds. The Morgan fingerprint density at radius 3 is 2.15 bits per heavy atom. The van der Waals surface area contributed by atoms with Gasteiger partial charge in [0, 0.05) is 37.3 Å². The SMILES string of the molecule is CCCCCC(CCCCC)NC(=O)CCCCCN/C=C(\N)CCN. The van der Waals surface area contributed by atoms with Crippen molar-refractivity contribution >= 4 is 5.91 Å². The van der Waals surface area contributed by atoms with Crippen LogP contribution < -0.4 is 22.1 Å². The summed E-state index contributed by atoms with van der Waals surface area (Å²) in [6, 6.07) is 0.373. The zero-order chi connectivity index (χ0) is 19.5. The topological polar surface area (TPSA) is 93.2 Å². The Bertz CT molecular complexity index is 348. The van der Waals surface area contributed by atoms with Gasteiger partial charge in [0.25, 0.3) is 0 Å². The fourth-order valence-electron chi connectivity index (χ4n) is 3.00. The van der Waals surface area contributed by atoms with E-state index in [9.17, 15) is 4.79 Å². The number of nitrogens with two attached hydrogens (primary N) is 2. The highest BCUT2D eigenvalue weighted by Crippen LogP contribution is 2.12. The summed E-state index contributed by atoms with van der Waals surface area (Å²) in [5, 5.41) is 6.48. The van der Waals surface area contributed by atoms with Crippen molar-refractivity contribution in [2.75, 3.05) is 13.1 Å². The second-order valence-corrected chi connectivity index (χ2v) is 7.28. The van der Waals surface area contributed by atoms with E-state index in [4.69, 9.17) is 11.5 Å². The summed E-state index contributed by atoms with van der Waals surface area (Å²) in [5.41, 5.74) is 12.0. The van der Waals surface area contributed by atoms with Crippen molar-refractivity contribution in [2.24, 2.45) is 11.5 Å². The number of nitrogens with one attached hydrogen (secondary N) is 2. The highest BCUT2D eigenvalue weighted by Gasteiger charge is 2.11. The number of hydrogen-bond acceptors (Lipinski definition) is 4. The van der Waals surface area contributed by atoms with Crippen LogP contribution in [-0.4, -0.2) is 25.0 Å². The molecule has 0 radical (unpaired) electrons. The standard InChI is InChI=1S/C21H44N4O/c1-3-5-8-12-20(13-9-6-4-2)25-21(26)14-10-7-11-17-24-18-19(23)15-16-22/h18,20,24H,3-17,22-23H2,1-2H3,(H,25,26)/b19-18-. The highest BCUT2D eigenvalue weighted by atomic mass is 16.1. The zero-order valence-electron chi connectivity index (χ0n) is 17.3. The minimum Gasteiger partial charge on any atom is -0.401 e. The van der Waals surface area contributed by atoms with Gasteiger partial charge in [-0.25, -0.2) is 0 Å². The van der Waals surface area contributed by atoms with E-state index in [0.717, 1.165) is 50.8 Å². The molecular formula is C21H44N4O. The van der Waals surface area contributed by atoms with Crippen molar-refractivity contribution in [3.05, 3.63) is 11.9 Å². The molecule has 0 fully saturated rings. The smallest absolute Gasteiger partial charge is 0.220 e. The molecule has 0 aliphatic rings. The Kier molecular flexibility index (Phi) is 17.7. The minimum atomic E-state index is 0.225. The van der Waals surface area contributed by atoms with Crippen LogP contribution in [-0.2, 0) is 4.79 Å². The molecule has 5 heteroatoms. The van der Waals surface area contributed by atoms with E-state index in [1.54, 1.807) is 0 Å². The summed E-state index contributed by atoms with van der Waals surface area (Å²) in [4.78, 5) is 12.2. The number of unbranched alkanes of at least 4 members (excludes halogenated alkanes) is 6. The first kappa shape index (κ1) is 24.8. The predicted molar refractivity (Wildman–Crippen MR) is 113 cm³/mol. The summed E-state index contributed by atoms with van der Waals surface area (Å²) in [7, 11) is 0. The van der Waals surface area contributed by atoms with E-state index in [1.807, 2.05) is 6.20 Å². The number of rotatable bonds is 18. The Morgan fingerprint density at radius 1 is 0.923 bits per heavy atom. The normalized spacial score (nSPS) is 11.8. The van der Waals surface area contributed by atoms with Crippen LogP contribution in [0.1, 0.15) is 97.3 Å². The summed E-state index contributed by atoms with van der Waals surface area (Å²) in [5.74, 6) is 0.225. The highest BCUT2D eigenvalue weighted by molar-refractivity contribution is 5.76. The average molecular weight is 369 g/mol. The lowest BCUT2D eigenvalue weighted by molar-refractivity contribution is -0.122. The lowest BCUT2D eigenvalue weighted by Crippen LogP contribution is -2.34. The molecule has 0 aliphatic carbocycles. The summed E-state index contributed by atoms with van der Waals surface area (Å²) < 4.78 is 0. The number of carbonyl (C=O) groups is 1. The molecule has 0 spiro atoms. The second-order valence-electron chi connectivity index (χ2n) is 7.28. The van der Waals surface area contributed by atoms with Crippen LogP contribution in [0.5, 0.6) is 0 Å². The van der Waals surface area contributed by atoms with Crippen LogP contribution in [0.2, 0.25) is 0 Å². The number of carbonyl (C=O) groups excluding carboxylic acids is 1. The third-order valence-corrected chi connectivity index (χ3v) is 4.62. The Balaban J connectivity index is 3.83. The van der Waals surface area contributed by atoms with E-state index in [-0.39, 0.29) is 5.91 Å². The van der Waals surface area contributed by atoms with E-state index in [1.165, 1.54) is 38.5 Å². The van der Waals surface area contributed by atoms with Gasteiger partial charge < -0.3 is 22.1 Å². The first-order chi connectivity index (χ1) is 12.6. The average Bonchev–Trinajstić information content (AvgIpc) is 2.61. The quantitative estimate of drug-likeness (QED) is 0.276. The molecule has 0 aromatic heterocycles. The predicted octanol–water partition coefficient (Wildman–Crippen LogP) is 3.93. The van der Waals surface area contributed by atoms with Crippen LogP contribution in [0.15, 0.2) is 11.9 Å². The number of hydrogen-bond donors (Lipinski definition) is 4. The number of amides is 1. The molecule has 6 N–H and O–H groups in total. The van der Waals surface area contributed by atoms with E-state index in [0.29, 0.717) is 19.0 Å². The van der Waals surface area contributed by atoms with Gasteiger partial charge in [-0.1, -0.05) is 58.8 Å². The first-order valence-corrected chi connectivity index (χ1v) is 10.8. The molecule has 0 heterocycles. The molecule has 0 atom stereocenters. The Labute approximate surface area is 161 Å². The van der Waals surface area contributed by atoms with Gasteiger partial charge in [-0.15, -0.1) is 0 Å². The molecule has 0 saturated carbocycles. The molecule has 5 nitrogen and oxygen atoms in total. The maximum atomic E-state index is 12.2. The van der Waals surface area contributed by atoms with Crippen molar-refractivity contribution in [3.63, 3.8) is 0 Å². The van der Waals surface area contributed by atoms with Crippen LogP contribution in [0, 0.1) is 0 Å². The van der Waals surface area contributed by atoms with E-state index < -0.39 is 0 Å². The molecular weight excluding hydrogens is 324 g/mol. The van der Waals surface area contributed by atoms with Gasteiger partial charge in [-0.3, -0.25) is 4.79 Å². The fraction of sp³-hybridized carbons (Fsp3) is 0.857. The lowest BCUT2D eigenvalue weighted by Gasteiger charge is -2.18. The molecule has 0 aliphatic heterocycles. The van der Waals surface area contributed by atoms with Crippen LogP contribution in [0.3, 0.4) is 0 Å². The minimum absolute atomic E-state index is 0.225. The Hall–Kier alpha value is -1.23. The molecule has 26 heavy (non-hydrogen) atoms. The van der Waals surface area contributed by atoms with E-state index in [2.05, 4.69) is 24.5 Å². The van der Waals surface area contributed by atoms with Crippen molar-refractivity contribution in [1.29, 1.82) is 0 Å². The van der Waals surface area contributed by atoms with Gasteiger partial charge in [-0.05, 0) is 32.2 Å². The van der Waals surface area contributed by atoms with Gasteiger partial charge in [0.2, 0.25) is 5.91 Å². The van der Waals surface area contributed by atoms with Crippen LogP contribution in [0.4, 0.5) is 0 Å². The maximum absolute atomic E-state index is 12.2. The van der Waals surface area contributed by atoms with Crippen molar-refractivity contribution in [2.45, 2.75) is 103 Å². The summed E-state index contributed by atoms with van der Waals surface area (Å²) in [6.07, 6.45) is 16.0. The summed E-state index contributed by atoms with van der Waals surface area (Å²) in [6.45, 7) is 5.92. The van der Waals surface area contributed by atoms with E-state index >= 15 is 0 Å². The van der Waals surface area contributed by atoms with Gasteiger partial charge in [0.1, 0.15) is 0 Å². The zero-order valence-corrected chi connectivity index (χ0v) is 17.3. The largest absolute Gasteiger partial charge is 0.401 e. The molecule has 0 aromatic rings. The van der Waals surface area contributed by atoms with Gasteiger partial charge in [0.05, 0.1) is 0 Å². The van der Waals surface area contributed by atoms with Crippen molar-refractivity contribution in [1.82, 2.24) is 10.6 Å². The maximum Gasteiger partial charge on any atom is 0.220 e. The van der Waals surface area contributed by atoms with Gasteiger partial charge >= 0.3 is 0 Å².